The number of benzene rings is 2. The second kappa shape index (κ2) is 11.1. The molecular formula is C25H32Cl2N2O3. The van der Waals surface area contributed by atoms with Crippen LogP contribution in [0.1, 0.15) is 58.6 Å². The number of halogens is 2. The van der Waals surface area contributed by atoms with Crippen LogP contribution in [0.2, 0.25) is 10.0 Å². The van der Waals surface area contributed by atoms with Gasteiger partial charge in [-0.25, -0.2) is 0 Å². The fraction of sp³-hybridized carbons (Fsp3) is 0.440. The van der Waals surface area contributed by atoms with Gasteiger partial charge in [0.1, 0.15) is 11.8 Å². The van der Waals surface area contributed by atoms with Gasteiger partial charge in [-0.3, -0.25) is 9.59 Å². The lowest BCUT2D eigenvalue weighted by atomic mass is 10.0. The zero-order valence-electron chi connectivity index (χ0n) is 19.5. The highest BCUT2D eigenvalue weighted by Gasteiger charge is 2.29. The van der Waals surface area contributed by atoms with E-state index >= 15 is 0 Å². The monoisotopic (exact) mass is 478 g/mol. The van der Waals surface area contributed by atoms with Crippen LogP contribution < -0.4 is 10.1 Å². The Morgan fingerprint density at radius 2 is 1.56 bits per heavy atom. The van der Waals surface area contributed by atoms with Crippen LogP contribution in [0.15, 0.2) is 42.5 Å². The molecule has 0 aliphatic rings. The number of carbonyl (C=O) groups is 2. The molecule has 174 valence electrons. The lowest BCUT2D eigenvalue weighted by molar-refractivity contribution is -0.142. The molecule has 2 amide bonds. The number of ether oxygens (including phenoxy) is 1. The van der Waals surface area contributed by atoms with E-state index in [1.165, 1.54) is 10.5 Å². The molecule has 1 unspecified atom stereocenters. The Morgan fingerprint density at radius 3 is 2.06 bits per heavy atom. The second-order valence-electron chi connectivity index (χ2n) is 9.15. The molecule has 0 bridgehead atoms. The fourth-order valence-electron chi connectivity index (χ4n) is 3.09. The van der Waals surface area contributed by atoms with E-state index in [9.17, 15) is 9.59 Å². The van der Waals surface area contributed by atoms with E-state index in [1.807, 2.05) is 45.0 Å². The van der Waals surface area contributed by atoms with Gasteiger partial charge in [0.25, 0.3) is 5.91 Å². The van der Waals surface area contributed by atoms with E-state index in [0.29, 0.717) is 27.3 Å². The maximum absolute atomic E-state index is 13.2. The summed E-state index contributed by atoms with van der Waals surface area (Å²) in [4.78, 5) is 27.4. The molecule has 32 heavy (non-hydrogen) atoms. The number of rotatable bonds is 8. The van der Waals surface area contributed by atoms with Crippen LogP contribution in [-0.2, 0) is 16.1 Å². The normalized spacial score (nSPS) is 12.4. The summed E-state index contributed by atoms with van der Waals surface area (Å²) in [5.74, 6) is 0.384. The van der Waals surface area contributed by atoms with Crippen LogP contribution in [0.3, 0.4) is 0 Å². The van der Waals surface area contributed by atoms with Gasteiger partial charge in [-0.1, -0.05) is 55.2 Å². The van der Waals surface area contributed by atoms with Crippen LogP contribution in [0, 0.1) is 0 Å². The van der Waals surface area contributed by atoms with Crippen LogP contribution in [0.4, 0.5) is 0 Å². The summed E-state index contributed by atoms with van der Waals surface area (Å²) in [6.07, 6.45) is 0. The van der Waals surface area contributed by atoms with Crippen molar-refractivity contribution in [2.24, 2.45) is 0 Å². The van der Waals surface area contributed by atoms with Crippen molar-refractivity contribution in [2.75, 3.05) is 6.61 Å². The van der Waals surface area contributed by atoms with Crippen molar-refractivity contribution in [3.8, 4) is 5.75 Å². The minimum atomic E-state index is -0.749. The van der Waals surface area contributed by atoms with E-state index in [4.69, 9.17) is 27.9 Å². The Labute approximate surface area is 201 Å². The Balaban J connectivity index is 2.22. The highest BCUT2D eigenvalue weighted by molar-refractivity contribution is 6.36. The van der Waals surface area contributed by atoms with E-state index in [2.05, 4.69) is 19.2 Å². The Bertz CT molecular complexity index is 917. The molecule has 0 saturated carbocycles. The average molecular weight is 479 g/mol. The number of hydrogen-bond donors (Lipinski definition) is 1. The molecule has 1 N–H and O–H groups in total. The maximum Gasteiger partial charge on any atom is 0.261 e. The maximum atomic E-state index is 13.2. The molecular weight excluding hydrogens is 447 g/mol. The molecule has 0 fully saturated rings. The summed E-state index contributed by atoms with van der Waals surface area (Å²) >= 11 is 12.7. The number of nitrogens with zero attached hydrogens (tertiary/aromatic N) is 1. The van der Waals surface area contributed by atoms with Crippen molar-refractivity contribution in [3.63, 3.8) is 0 Å². The van der Waals surface area contributed by atoms with Gasteiger partial charge < -0.3 is 15.0 Å². The van der Waals surface area contributed by atoms with Gasteiger partial charge in [-0.2, -0.15) is 0 Å². The van der Waals surface area contributed by atoms with Crippen molar-refractivity contribution in [2.45, 2.75) is 65.6 Å². The van der Waals surface area contributed by atoms with Crippen molar-refractivity contribution in [1.29, 1.82) is 0 Å². The summed E-state index contributed by atoms with van der Waals surface area (Å²) in [6.45, 7) is 11.4. The second-order valence-corrected chi connectivity index (χ2v) is 9.96. The smallest absolute Gasteiger partial charge is 0.261 e. The van der Waals surface area contributed by atoms with Gasteiger partial charge in [0.2, 0.25) is 5.91 Å². The van der Waals surface area contributed by atoms with Gasteiger partial charge in [0.15, 0.2) is 6.61 Å². The molecule has 0 radical (unpaired) electrons. The van der Waals surface area contributed by atoms with E-state index < -0.39 is 11.6 Å². The molecule has 7 heteroatoms. The molecule has 1 atom stereocenters. The standard InChI is InChI=1S/C25H32Cl2N2O3/c1-16(2)18-10-12-19(13-11-18)32-15-23(30)29(17(3)24(31)28-25(4,5)6)14-20-21(26)8-7-9-22(20)27/h7-13,16-17H,14-15H2,1-6H3,(H,28,31). The first-order valence-electron chi connectivity index (χ1n) is 10.7. The third-order valence-electron chi connectivity index (χ3n) is 4.96. The molecule has 0 aliphatic carbocycles. The number of amides is 2. The lowest BCUT2D eigenvalue weighted by Crippen LogP contribution is -2.53. The average Bonchev–Trinajstić information content (AvgIpc) is 2.70. The summed E-state index contributed by atoms with van der Waals surface area (Å²) in [5.41, 5.74) is 1.34. The van der Waals surface area contributed by atoms with Gasteiger partial charge >= 0.3 is 0 Å². The predicted molar refractivity (Wildman–Crippen MR) is 130 cm³/mol. The minimum Gasteiger partial charge on any atom is -0.484 e. The molecule has 0 aliphatic heterocycles. The van der Waals surface area contributed by atoms with Crippen LogP contribution >= 0.6 is 23.2 Å². The van der Waals surface area contributed by atoms with Crippen LogP contribution in [0.25, 0.3) is 0 Å². The van der Waals surface area contributed by atoms with E-state index in [-0.39, 0.29) is 25.0 Å². The Kier molecular flexibility index (Phi) is 8.99. The summed E-state index contributed by atoms with van der Waals surface area (Å²) in [7, 11) is 0. The van der Waals surface area contributed by atoms with Crippen molar-refractivity contribution in [3.05, 3.63) is 63.6 Å². The van der Waals surface area contributed by atoms with Crippen LogP contribution in [-0.4, -0.2) is 34.9 Å². The third kappa shape index (κ3) is 7.42. The topological polar surface area (TPSA) is 58.6 Å². The molecule has 0 aromatic heterocycles. The lowest BCUT2D eigenvalue weighted by Gasteiger charge is -2.31. The van der Waals surface area contributed by atoms with Gasteiger partial charge in [0.05, 0.1) is 0 Å². The largest absolute Gasteiger partial charge is 0.484 e. The molecule has 2 rings (SSSR count). The van der Waals surface area contributed by atoms with Crippen LogP contribution in [0.5, 0.6) is 5.75 Å². The number of hydrogen-bond acceptors (Lipinski definition) is 3. The first kappa shape index (κ1) is 26.0. The molecule has 5 nitrogen and oxygen atoms in total. The zero-order valence-corrected chi connectivity index (χ0v) is 21.1. The zero-order chi connectivity index (χ0) is 24.1. The SMILES string of the molecule is CC(C)c1ccc(OCC(=O)N(Cc2c(Cl)cccc2Cl)C(C)C(=O)NC(C)(C)C)cc1. The van der Waals surface area contributed by atoms with Gasteiger partial charge in [-0.05, 0) is 63.4 Å². The van der Waals surface area contributed by atoms with E-state index in [0.717, 1.165) is 0 Å². The minimum absolute atomic E-state index is 0.0890. The highest BCUT2D eigenvalue weighted by atomic mass is 35.5. The number of nitrogens with one attached hydrogen (secondary N) is 1. The summed E-state index contributed by atoms with van der Waals surface area (Å²) in [6, 6.07) is 12.0. The van der Waals surface area contributed by atoms with Crippen molar-refractivity contribution >= 4 is 35.0 Å². The first-order chi connectivity index (χ1) is 14.9. The fourth-order valence-corrected chi connectivity index (χ4v) is 3.60. The predicted octanol–water partition coefficient (Wildman–Crippen LogP) is 5.83. The molecule has 0 heterocycles. The highest BCUT2D eigenvalue weighted by Crippen LogP contribution is 2.27. The van der Waals surface area contributed by atoms with Gasteiger partial charge in [-0.15, -0.1) is 0 Å². The molecule has 0 saturated heterocycles. The quantitative estimate of drug-likeness (QED) is 0.519. The van der Waals surface area contributed by atoms with Crippen molar-refractivity contribution in [1.82, 2.24) is 10.2 Å². The molecule has 2 aromatic carbocycles. The summed E-state index contributed by atoms with van der Waals surface area (Å²) < 4.78 is 5.72. The molecule has 2 aromatic rings. The van der Waals surface area contributed by atoms with Gasteiger partial charge in [0, 0.05) is 27.7 Å². The Morgan fingerprint density at radius 1 is 1.00 bits per heavy atom. The Hall–Kier alpha value is -2.24. The molecule has 0 spiro atoms. The number of carbonyl (C=O) groups excluding carboxylic acids is 2. The first-order valence-corrected chi connectivity index (χ1v) is 11.4. The van der Waals surface area contributed by atoms with E-state index in [1.54, 1.807) is 25.1 Å². The summed E-state index contributed by atoms with van der Waals surface area (Å²) in [5, 5.41) is 3.79. The third-order valence-corrected chi connectivity index (χ3v) is 5.67. The van der Waals surface area contributed by atoms with Crippen molar-refractivity contribution < 1.29 is 14.3 Å².